The SMILES string of the molecule is C=c1nc(Oc2ccc(N(C)c3cccc(N4CCN(C)CC4)c3)cc2)[nH]c(=O)/c1=C/C=NC. The molecule has 0 atom stereocenters. The standard InChI is InChI=1S/C26H30N6O2/c1-19-24(12-13-27-2)25(33)29-26(28-19)34-23-10-8-20(9-11-23)31(4)21-6-5-7-22(18-21)32-16-14-30(3)15-17-32/h5-13,18H,1,14-17H2,2-4H3,(H,28,29,33)/b24-12+,27-13?. The molecule has 8 nitrogen and oxygen atoms in total. The highest BCUT2D eigenvalue weighted by Gasteiger charge is 2.15. The smallest absolute Gasteiger partial charge is 0.302 e. The zero-order valence-electron chi connectivity index (χ0n) is 19.9. The van der Waals surface area contributed by atoms with Crippen LogP contribution in [0.4, 0.5) is 17.1 Å². The Bertz CT molecular complexity index is 1290. The number of aromatic amines is 1. The van der Waals surface area contributed by atoms with Crippen LogP contribution in [-0.4, -0.2) is 68.4 Å². The summed E-state index contributed by atoms with van der Waals surface area (Å²) in [6.45, 7) is 8.05. The number of likely N-dealkylation sites (N-methyl/N-ethyl adjacent to an activating group) is 1. The molecular weight excluding hydrogens is 428 g/mol. The van der Waals surface area contributed by atoms with Gasteiger partial charge in [-0.05, 0) is 55.6 Å². The molecule has 4 rings (SSSR count). The van der Waals surface area contributed by atoms with Crippen LogP contribution in [0.25, 0.3) is 12.7 Å². The summed E-state index contributed by atoms with van der Waals surface area (Å²) in [6, 6.07) is 16.3. The molecule has 176 valence electrons. The van der Waals surface area contributed by atoms with Gasteiger partial charge in [0.2, 0.25) is 0 Å². The van der Waals surface area contributed by atoms with E-state index in [1.54, 1.807) is 13.1 Å². The highest BCUT2D eigenvalue weighted by atomic mass is 16.5. The maximum absolute atomic E-state index is 12.3. The molecule has 2 aromatic carbocycles. The molecule has 34 heavy (non-hydrogen) atoms. The Labute approximate surface area is 199 Å². The summed E-state index contributed by atoms with van der Waals surface area (Å²) >= 11 is 0. The molecule has 1 N–H and O–H groups in total. The predicted octanol–water partition coefficient (Wildman–Crippen LogP) is 1.97. The second kappa shape index (κ2) is 10.4. The van der Waals surface area contributed by atoms with Gasteiger partial charge in [-0.3, -0.25) is 14.8 Å². The summed E-state index contributed by atoms with van der Waals surface area (Å²) in [5.74, 6) is 0.567. The third kappa shape index (κ3) is 5.35. The molecular formula is C26H30N6O2. The van der Waals surface area contributed by atoms with Crippen molar-refractivity contribution in [3.05, 3.63) is 69.5 Å². The lowest BCUT2D eigenvalue weighted by Gasteiger charge is -2.34. The van der Waals surface area contributed by atoms with E-state index in [0.29, 0.717) is 16.3 Å². The predicted molar refractivity (Wildman–Crippen MR) is 139 cm³/mol. The van der Waals surface area contributed by atoms with Crippen LogP contribution in [-0.2, 0) is 0 Å². The van der Waals surface area contributed by atoms with Gasteiger partial charge in [-0.2, -0.15) is 4.98 Å². The second-order valence-corrected chi connectivity index (χ2v) is 8.27. The van der Waals surface area contributed by atoms with Crippen molar-refractivity contribution in [2.75, 3.05) is 57.1 Å². The first-order chi connectivity index (χ1) is 16.4. The molecule has 0 amide bonds. The molecule has 0 spiro atoms. The summed E-state index contributed by atoms with van der Waals surface area (Å²) < 4.78 is 5.76. The molecule has 3 aromatic rings. The van der Waals surface area contributed by atoms with Crippen molar-refractivity contribution in [3.8, 4) is 11.8 Å². The Morgan fingerprint density at radius 2 is 1.85 bits per heavy atom. The number of nitrogens with one attached hydrogen (secondary N) is 1. The number of aliphatic imine (C=N–C) groups is 1. The van der Waals surface area contributed by atoms with Crippen molar-refractivity contribution in [3.63, 3.8) is 0 Å². The first-order valence-electron chi connectivity index (χ1n) is 11.2. The number of nitrogens with zero attached hydrogens (tertiary/aromatic N) is 5. The zero-order valence-corrected chi connectivity index (χ0v) is 19.9. The van der Waals surface area contributed by atoms with Gasteiger partial charge in [-0.1, -0.05) is 12.6 Å². The van der Waals surface area contributed by atoms with Crippen LogP contribution in [0.3, 0.4) is 0 Å². The van der Waals surface area contributed by atoms with Crippen LogP contribution in [0.1, 0.15) is 0 Å². The molecule has 1 aliphatic rings. The highest BCUT2D eigenvalue weighted by molar-refractivity contribution is 5.90. The van der Waals surface area contributed by atoms with E-state index in [9.17, 15) is 4.79 Å². The van der Waals surface area contributed by atoms with Gasteiger partial charge in [0.05, 0.1) is 10.6 Å². The molecule has 0 radical (unpaired) electrons. The van der Waals surface area contributed by atoms with E-state index >= 15 is 0 Å². The lowest BCUT2D eigenvalue weighted by molar-refractivity contribution is 0.313. The van der Waals surface area contributed by atoms with E-state index in [2.05, 4.69) is 67.6 Å². The molecule has 8 heteroatoms. The lowest BCUT2D eigenvalue weighted by Crippen LogP contribution is -2.44. The Morgan fingerprint density at radius 1 is 1.12 bits per heavy atom. The first kappa shape index (κ1) is 23.3. The summed E-state index contributed by atoms with van der Waals surface area (Å²) in [5, 5.41) is 0.684. The highest BCUT2D eigenvalue weighted by Crippen LogP contribution is 2.29. The minimum atomic E-state index is -0.327. The van der Waals surface area contributed by atoms with Crippen molar-refractivity contribution in [1.82, 2.24) is 14.9 Å². The molecule has 1 aliphatic heterocycles. The third-order valence-electron chi connectivity index (χ3n) is 5.93. The average Bonchev–Trinajstić information content (AvgIpc) is 2.84. The van der Waals surface area contributed by atoms with Crippen molar-refractivity contribution in [1.29, 1.82) is 0 Å². The molecule has 0 unspecified atom stereocenters. The van der Waals surface area contributed by atoms with E-state index in [1.165, 1.54) is 11.9 Å². The van der Waals surface area contributed by atoms with Gasteiger partial charge in [-0.25, -0.2) is 0 Å². The Kier molecular flexibility index (Phi) is 7.08. The van der Waals surface area contributed by atoms with E-state index in [0.717, 1.165) is 37.6 Å². The number of piperazine rings is 1. The fourth-order valence-electron chi connectivity index (χ4n) is 3.84. The number of benzene rings is 2. The molecule has 1 saturated heterocycles. The van der Waals surface area contributed by atoms with Crippen LogP contribution >= 0.6 is 0 Å². The number of hydrogen-bond acceptors (Lipinski definition) is 7. The van der Waals surface area contributed by atoms with Gasteiger partial charge in [-0.15, -0.1) is 0 Å². The molecule has 2 heterocycles. The van der Waals surface area contributed by atoms with Gasteiger partial charge in [0.25, 0.3) is 5.56 Å². The largest absolute Gasteiger partial charge is 0.426 e. The van der Waals surface area contributed by atoms with Crippen LogP contribution < -0.4 is 30.7 Å². The quantitative estimate of drug-likeness (QED) is 0.570. The molecule has 0 aliphatic carbocycles. The number of aromatic nitrogens is 2. The van der Waals surface area contributed by atoms with E-state index in [4.69, 9.17) is 4.74 Å². The molecule has 1 aromatic heterocycles. The van der Waals surface area contributed by atoms with Gasteiger partial charge < -0.3 is 19.4 Å². The van der Waals surface area contributed by atoms with E-state index < -0.39 is 0 Å². The molecule has 0 bridgehead atoms. The third-order valence-corrected chi connectivity index (χ3v) is 5.93. The summed E-state index contributed by atoms with van der Waals surface area (Å²) in [7, 11) is 5.84. The van der Waals surface area contributed by atoms with Crippen LogP contribution in [0.2, 0.25) is 0 Å². The minimum Gasteiger partial charge on any atom is -0.426 e. The van der Waals surface area contributed by atoms with Gasteiger partial charge >= 0.3 is 6.01 Å². The number of anilines is 3. The maximum atomic E-state index is 12.3. The number of hydrogen-bond donors (Lipinski definition) is 1. The monoisotopic (exact) mass is 458 g/mol. The van der Waals surface area contributed by atoms with Crippen LogP contribution in [0, 0.1) is 0 Å². The van der Waals surface area contributed by atoms with E-state index in [-0.39, 0.29) is 11.6 Å². The van der Waals surface area contributed by atoms with Gasteiger partial charge in [0, 0.05) is 63.6 Å². The number of ether oxygens (including phenoxy) is 1. The second-order valence-electron chi connectivity index (χ2n) is 8.27. The molecule has 1 fully saturated rings. The number of H-pyrrole nitrogens is 1. The minimum absolute atomic E-state index is 0.0987. The fraction of sp³-hybridized carbons (Fsp3) is 0.269. The average molecular weight is 459 g/mol. The van der Waals surface area contributed by atoms with Crippen molar-refractivity contribution in [2.24, 2.45) is 4.99 Å². The van der Waals surface area contributed by atoms with Gasteiger partial charge in [0.15, 0.2) is 0 Å². The van der Waals surface area contributed by atoms with Gasteiger partial charge in [0.1, 0.15) is 5.75 Å². The van der Waals surface area contributed by atoms with Crippen LogP contribution in [0.5, 0.6) is 11.8 Å². The van der Waals surface area contributed by atoms with Crippen LogP contribution in [0.15, 0.2) is 58.3 Å². The lowest BCUT2D eigenvalue weighted by atomic mass is 10.2. The van der Waals surface area contributed by atoms with Crippen molar-refractivity contribution in [2.45, 2.75) is 0 Å². The van der Waals surface area contributed by atoms with Crippen molar-refractivity contribution < 1.29 is 4.74 Å². The summed E-state index contributed by atoms with van der Waals surface area (Å²) in [5.41, 5.74) is 3.04. The Balaban J connectivity index is 1.48. The Morgan fingerprint density at radius 3 is 2.53 bits per heavy atom. The molecule has 0 saturated carbocycles. The summed E-state index contributed by atoms with van der Waals surface area (Å²) in [4.78, 5) is 29.9. The fourth-order valence-corrected chi connectivity index (χ4v) is 3.84. The van der Waals surface area contributed by atoms with E-state index in [1.807, 2.05) is 31.3 Å². The van der Waals surface area contributed by atoms with Crippen molar-refractivity contribution >= 4 is 35.9 Å². The maximum Gasteiger partial charge on any atom is 0.302 e. The Hall–Kier alpha value is -3.91. The first-order valence-corrected chi connectivity index (χ1v) is 11.2. The topological polar surface area (TPSA) is 77.1 Å². The normalized spacial score (nSPS) is 15.1. The number of rotatable bonds is 6. The summed E-state index contributed by atoms with van der Waals surface area (Å²) in [6.07, 6.45) is 3.10. The zero-order chi connectivity index (χ0) is 24.1.